The zero-order chi connectivity index (χ0) is 20.6. The van der Waals surface area contributed by atoms with E-state index in [1.807, 2.05) is 49.1 Å². The smallest absolute Gasteiger partial charge is 0.277 e. The SMILES string of the molecule is CCN(Cc1ccccc1)C(=O)C(C)Sc1nnc(COc2ccc(Cl)cc2)o1. The van der Waals surface area contributed by atoms with Gasteiger partial charge in [-0.3, -0.25) is 4.79 Å². The normalized spacial score (nSPS) is 11.8. The van der Waals surface area contributed by atoms with Gasteiger partial charge in [0.05, 0.1) is 5.25 Å². The molecule has 0 bridgehead atoms. The molecule has 3 aromatic rings. The lowest BCUT2D eigenvalue weighted by atomic mass is 10.2. The average Bonchev–Trinajstić information content (AvgIpc) is 3.19. The van der Waals surface area contributed by atoms with Gasteiger partial charge < -0.3 is 14.1 Å². The molecular weight excluding hydrogens is 410 g/mol. The van der Waals surface area contributed by atoms with Crippen LogP contribution in [0.1, 0.15) is 25.3 Å². The van der Waals surface area contributed by atoms with Gasteiger partial charge in [0, 0.05) is 18.1 Å². The molecule has 29 heavy (non-hydrogen) atoms. The minimum Gasteiger partial charge on any atom is -0.484 e. The van der Waals surface area contributed by atoms with Crippen molar-refractivity contribution in [2.24, 2.45) is 0 Å². The van der Waals surface area contributed by atoms with E-state index in [1.165, 1.54) is 11.8 Å². The van der Waals surface area contributed by atoms with Gasteiger partial charge in [0.2, 0.25) is 5.91 Å². The molecule has 2 aromatic carbocycles. The summed E-state index contributed by atoms with van der Waals surface area (Å²) in [7, 11) is 0. The second-order valence-corrected chi connectivity index (χ2v) is 8.03. The van der Waals surface area contributed by atoms with Crippen LogP contribution in [0.15, 0.2) is 64.2 Å². The van der Waals surface area contributed by atoms with Gasteiger partial charge in [-0.15, -0.1) is 10.2 Å². The number of thioether (sulfide) groups is 1. The van der Waals surface area contributed by atoms with Crippen LogP contribution >= 0.6 is 23.4 Å². The Hall–Kier alpha value is -2.51. The Balaban J connectivity index is 1.53. The number of nitrogens with zero attached hydrogens (tertiary/aromatic N) is 3. The number of carbonyl (C=O) groups excluding carboxylic acids is 1. The molecule has 1 aromatic heterocycles. The van der Waals surface area contributed by atoms with E-state index in [-0.39, 0.29) is 17.8 Å². The summed E-state index contributed by atoms with van der Waals surface area (Å²) in [5.74, 6) is 1.03. The lowest BCUT2D eigenvalue weighted by Crippen LogP contribution is -2.35. The number of ether oxygens (including phenoxy) is 1. The van der Waals surface area contributed by atoms with Crippen LogP contribution in [0.5, 0.6) is 5.75 Å². The van der Waals surface area contributed by atoms with Gasteiger partial charge in [0.15, 0.2) is 6.61 Å². The van der Waals surface area contributed by atoms with Gasteiger partial charge in [0.1, 0.15) is 5.75 Å². The summed E-state index contributed by atoms with van der Waals surface area (Å²) >= 11 is 7.10. The number of hydrogen-bond donors (Lipinski definition) is 0. The molecule has 8 heteroatoms. The van der Waals surface area contributed by atoms with E-state index in [4.69, 9.17) is 20.8 Å². The molecule has 0 saturated carbocycles. The van der Waals surface area contributed by atoms with Crippen molar-refractivity contribution in [3.05, 3.63) is 71.1 Å². The molecule has 1 unspecified atom stereocenters. The second-order valence-electron chi connectivity index (χ2n) is 6.30. The highest BCUT2D eigenvalue weighted by molar-refractivity contribution is 8.00. The Morgan fingerprint density at radius 2 is 1.90 bits per heavy atom. The summed E-state index contributed by atoms with van der Waals surface area (Å²) in [6, 6.07) is 16.9. The molecule has 0 aliphatic rings. The van der Waals surface area contributed by atoms with Crippen molar-refractivity contribution >= 4 is 29.3 Å². The molecule has 0 spiro atoms. The minimum absolute atomic E-state index is 0.0264. The van der Waals surface area contributed by atoms with Crippen molar-refractivity contribution < 1.29 is 13.9 Å². The summed E-state index contributed by atoms with van der Waals surface area (Å²) in [4.78, 5) is 14.6. The van der Waals surface area contributed by atoms with Gasteiger partial charge in [-0.1, -0.05) is 53.7 Å². The molecule has 0 fully saturated rings. The summed E-state index contributed by atoms with van der Waals surface area (Å²) in [5.41, 5.74) is 1.10. The predicted molar refractivity (Wildman–Crippen MR) is 113 cm³/mol. The van der Waals surface area contributed by atoms with Crippen molar-refractivity contribution in [3.63, 3.8) is 0 Å². The van der Waals surface area contributed by atoms with Crippen molar-refractivity contribution in [2.45, 2.75) is 37.5 Å². The molecule has 0 saturated heterocycles. The molecule has 152 valence electrons. The van der Waals surface area contributed by atoms with Crippen LogP contribution in [-0.4, -0.2) is 32.8 Å². The maximum absolute atomic E-state index is 12.8. The van der Waals surface area contributed by atoms with E-state index in [0.717, 1.165) is 5.56 Å². The zero-order valence-corrected chi connectivity index (χ0v) is 17.8. The topological polar surface area (TPSA) is 68.5 Å². The quantitative estimate of drug-likeness (QED) is 0.452. The summed E-state index contributed by atoms with van der Waals surface area (Å²) in [5, 5.41) is 8.63. The first-order valence-electron chi connectivity index (χ1n) is 9.25. The van der Waals surface area contributed by atoms with Crippen LogP contribution in [0.25, 0.3) is 0 Å². The Bertz CT molecular complexity index is 918. The number of carbonyl (C=O) groups is 1. The van der Waals surface area contributed by atoms with E-state index in [9.17, 15) is 4.79 Å². The van der Waals surface area contributed by atoms with Crippen LogP contribution in [0.4, 0.5) is 0 Å². The van der Waals surface area contributed by atoms with Crippen LogP contribution in [0.2, 0.25) is 5.02 Å². The monoisotopic (exact) mass is 431 g/mol. The first-order chi connectivity index (χ1) is 14.0. The fourth-order valence-corrected chi connectivity index (χ4v) is 3.54. The number of hydrogen-bond acceptors (Lipinski definition) is 6. The van der Waals surface area contributed by atoms with Gasteiger partial charge in [-0.25, -0.2) is 0 Å². The standard InChI is InChI=1S/C21H22ClN3O3S/c1-3-25(13-16-7-5-4-6-8-16)20(26)15(2)29-21-24-23-19(28-21)14-27-18-11-9-17(22)10-12-18/h4-12,15H,3,13-14H2,1-2H3. The van der Waals surface area contributed by atoms with E-state index in [0.29, 0.717) is 35.0 Å². The molecule has 0 aliphatic heterocycles. The molecule has 1 heterocycles. The van der Waals surface area contributed by atoms with Crippen molar-refractivity contribution in [1.29, 1.82) is 0 Å². The molecule has 6 nitrogen and oxygen atoms in total. The fraction of sp³-hybridized carbons (Fsp3) is 0.286. The summed E-state index contributed by atoms with van der Waals surface area (Å²) in [6.07, 6.45) is 0. The first kappa shape index (κ1) is 21.2. The molecule has 3 rings (SSSR count). The summed E-state index contributed by atoms with van der Waals surface area (Å²) in [6.45, 7) is 5.16. The van der Waals surface area contributed by atoms with Gasteiger partial charge in [0.25, 0.3) is 11.1 Å². The van der Waals surface area contributed by atoms with Crippen molar-refractivity contribution in [2.75, 3.05) is 6.54 Å². The van der Waals surface area contributed by atoms with E-state index in [2.05, 4.69) is 10.2 Å². The molecule has 0 radical (unpaired) electrons. The molecular formula is C21H22ClN3O3S. The van der Waals surface area contributed by atoms with E-state index in [1.54, 1.807) is 24.3 Å². The van der Waals surface area contributed by atoms with Crippen LogP contribution in [0, 0.1) is 0 Å². The maximum Gasteiger partial charge on any atom is 0.277 e. The highest BCUT2D eigenvalue weighted by Crippen LogP contribution is 2.24. The third-order valence-electron chi connectivity index (χ3n) is 4.16. The highest BCUT2D eigenvalue weighted by atomic mass is 35.5. The number of halogens is 1. The maximum atomic E-state index is 12.8. The van der Waals surface area contributed by atoms with Crippen LogP contribution < -0.4 is 4.74 Å². The number of amides is 1. The third-order valence-corrected chi connectivity index (χ3v) is 5.33. The zero-order valence-electron chi connectivity index (χ0n) is 16.2. The lowest BCUT2D eigenvalue weighted by molar-refractivity contribution is -0.130. The number of rotatable bonds is 9. The van der Waals surface area contributed by atoms with Crippen molar-refractivity contribution in [1.82, 2.24) is 15.1 Å². The van der Waals surface area contributed by atoms with E-state index >= 15 is 0 Å². The largest absolute Gasteiger partial charge is 0.484 e. The second kappa shape index (κ2) is 10.3. The Labute approximate surface area is 179 Å². The van der Waals surface area contributed by atoms with Crippen LogP contribution in [0.3, 0.4) is 0 Å². The lowest BCUT2D eigenvalue weighted by Gasteiger charge is -2.23. The third kappa shape index (κ3) is 6.24. The molecule has 1 atom stereocenters. The molecule has 1 amide bonds. The Morgan fingerprint density at radius 3 is 2.59 bits per heavy atom. The van der Waals surface area contributed by atoms with Gasteiger partial charge in [-0.2, -0.15) is 0 Å². The van der Waals surface area contributed by atoms with E-state index < -0.39 is 0 Å². The first-order valence-corrected chi connectivity index (χ1v) is 10.5. The number of aromatic nitrogens is 2. The number of benzene rings is 2. The molecule has 0 aliphatic carbocycles. The summed E-state index contributed by atoms with van der Waals surface area (Å²) < 4.78 is 11.2. The molecule has 0 N–H and O–H groups in total. The van der Waals surface area contributed by atoms with Gasteiger partial charge >= 0.3 is 0 Å². The van der Waals surface area contributed by atoms with Crippen LogP contribution in [-0.2, 0) is 17.9 Å². The van der Waals surface area contributed by atoms with Gasteiger partial charge in [-0.05, 0) is 43.7 Å². The van der Waals surface area contributed by atoms with Crippen molar-refractivity contribution in [3.8, 4) is 5.75 Å². The minimum atomic E-state index is -0.343. The predicted octanol–water partition coefficient (Wildman–Crippen LogP) is 4.83. The fourth-order valence-electron chi connectivity index (χ4n) is 2.63. The average molecular weight is 432 g/mol. The highest BCUT2D eigenvalue weighted by Gasteiger charge is 2.23. The Morgan fingerprint density at radius 1 is 1.17 bits per heavy atom. The Kier molecular flexibility index (Phi) is 7.55.